The summed E-state index contributed by atoms with van der Waals surface area (Å²) < 4.78 is 25.9. The molecular weight excluding hydrogens is 268 g/mol. The lowest BCUT2D eigenvalue weighted by Gasteiger charge is -2.09. The molecule has 2 rings (SSSR count). The van der Waals surface area contributed by atoms with E-state index in [0.717, 1.165) is 8.39 Å². The molecular formula is C10H14N6O2S. The van der Waals surface area contributed by atoms with Crippen molar-refractivity contribution in [3.8, 4) is 11.4 Å². The van der Waals surface area contributed by atoms with E-state index in [4.69, 9.17) is 5.73 Å². The van der Waals surface area contributed by atoms with Gasteiger partial charge in [-0.1, -0.05) is 0 Å². The average Bonchev–Trinajstić information content (AvgIpc) is 2.71. The van der Waals surface area contributed by atoms with Gasteiger partial charge in [0.1, 0.15) is 5.82 Å². The van der Waals surface area contributed by atoms with E-state index in [0.29, 0.717) is 22.9 Å². The molecule has 0 aliphatic heterocycles. The van der Waals surface area contributed by atoms with Crippen LogP contribution in [0.25, 0.3) is 11.4 Å². The first kappa shape index (κ1) is 13.4. The zero-order chi connectivity index (χ0) is 14.2. The standard InChI is InChI=1S/C10H14N6O2S/c1-7-8(10-12-5-4-9(11)13-10)6-16(14-7)19(17,18)15(2)3/h4-6H,1-3H3,(H2,11,12,13). The highest BCUT2D eigenvalue weighted by atomic mass is 32.2. The molecule has 0 fully saturated rings. The summed E-state index contributed by atoms with van der Waals surface area (Å²) in [5.74, 6) is 0.658. The van der Waals surface area contributed by atoms with Crippen LogP contribution < -0.4 is 5.73 Å². The van der Waals surface area contributed by atoms with Crippen LogP contribution in [0.3, 0.4) is 0 Å². The molecule has 8 nitrogen and oxygen atoms in total. The molecule has 19 heavy (non-hydrogen) atoms. The predicted octanol–water partition coefficient (Wildman–Crippen LogP) is -0.115. The van der Waals surface area contributed by atoms with Crippen molar-refractivity contribution in [3.05, 3.63) is 24.2 Å². The third-order valence-electron chi connectivity index (χ3n) is 2.49. The average molecular weight is 282 g/mol. The number of hydrogen-bond donors (Lipinski definition) is 1. The second kappa shape index (κ2) is 4.59. The quantitative estimate of drug-likeness (QED) is 0.841. The lowest BCUT2D eigenvalue weighted by Crippen LogP contribution is -2.29. The number of hydrogen-bond acceptors (Lipinski definition) is 6. The molecule has 0 atom stereocenters. The largest absolute Gasteiger partial charge is 0.384 e. The summed E-state index contributed by atoms with van der Waals surface area (Å²) in [4.78, 5) is 8.11. The maximum atomic E-state index is 12.0. The molecule has 0 aromatic carbocycles. The van der Waals surface area contributed by atoms with Gasteiger partial charge < -0.3 is 5.73 Å². The van der Waals surface area contributed by atoms with Gasteiger partial charge in [-0.3, -0.25) is 0 Å². The fourth-order valence-electron chi connectivity index (χ4n) is 1.44. The highest BCUT2D eigenvalue weighted by molar-refractivity contribution is 7.87. The van der Waals surface area contributed by atoms with E-state index in [1.807, 2.05) is 0 Å². The highest BCUT2D eigenvalue weighted by Gasteiger charge is 2.20. The second-order valence-electron chi connectivity index (χ2n) is 4.10. The Balaban J connectivity index is 2.54. The Hall–Kier alpha value is -2.00. The van der Waals surface area contributed by atoms with Crippen LogP contribution in [0.15, 0.2) is 18.5 Å². The zero-order valence-corrected chi connectivity index (χ0v) is 11.6. The Morgan fingerprint density at radius 1 is 1.37 bits per heavy atom. The van der Waals surface area contributed by atoms with Crippen LogP contribution >= 0.6 is 0 Å². The Labute approximate surface area is 111 Å². The van der Waals surface area contributed by atoms with Gasteiger partial charge in [0.25, 0.3) is 0 Å². The van der Waals surface area contributed by atoms with Crippen molar-refractivity contribution in [2.45, 2.75) is 6.92 Å². The molecule has 0 saturated heterocycles. The first-order valence-electron chi connectivity index (χ1n) is 5.40. The summed E-state index contributed by atoms with van der Waals surface area (Å²) in [5, 5.41) is 3.98. The van der Waals surface area contributed by atoms with E-state index in [1.54, 1.807) is 13.0 Å². The molecule has 9 heteroatoms. The van der Waals surface area contributed by atoms with Crippen molar-refractivity contribution in [3.63, 3.8) is 0 Å². The fourth-order valence-corrected chi connectivity index (χ4v) is 2.24. The summed E-state index contributed by atoms with van der Waals surface area (Å²) in [5.41, 5.74) is 6.62. The number of nitrogens with zero attached hydrogens (tertiary/aromatic N) is 5. The van der Waals surface area contributed by atoms with E-state index >= 15 is 0 Å². The molecule has 2 aromatic rings. The summed E-state index contributed by atoms with van der Waals surface area (Å²) in [6, 6.07) is 1.56. The van der Waals surface area contributed by atoms with Crippen molar-refractivity contribution < 1.29 is 8.42 Å². The van der Waals surface area contributed by atoms with Crippen molar-refractivity contribution in [1.82, 2.24) is 23.5 Å². The predicted molar refractivity (Wildman–Crippen MR) is 70.4 cm³/mol. The van der Waals surface area contributed by atoms with E-state index in [2.05, 4.69) is 15.1 Å². The van der Waals surface area contributed by atoms with Crippen molar-refractivity contribution >= 4 is 16.0 Å². The highest BCUT2D eigenvalue weighted by Crippen LogP contribution is 2.20. The molecule has 0 aliphatic carbocycles. The van der Waals surface area contributed by atoms with Gasteiger partial charge in [-0.25, -0.2) is 9.97 Å². The minimum absolute atomic E-state index is 0.313. The molecule has 2 N–H and O–H groups in total. The molecule has 102 valence electrons. The molecule has 0 bridgehead atoms. The van der Waals surface area contributed by atoms with Crippen LogP contribution in [0.4, 0.5) is 5.82 Å². The van der Waals surface area contributed by atoms with Crippen LogP contribution in [0.2, 0.25) is 0 Å². The maximum absolute atomic E-state index is 12.0. The molecule has 0 radical (unpaired) electrons. The lowest BCUT2D eigenvalue weighted by molar-refractivity contribution is 0.503. The van der Waals surface area contributed by atoms with Crippen LogP contribution in [0.1, 0.15) is 5.69 Å². The SMILES string of the molecule is Cc1nn(S(=O)(=O)N(C)C)cc1-c1nccc(N)n1. The van der Waals surface area contributed by atoms with Crippen LogP contribution in [-0.4, -0.2) is 46.0 Å². The summed E-state index contributed by atoms with van der Waals surface area (Å²) in [7, 11) is -0.777. The fraction of sp³-hybridized carbons (Fsp3) is 0.300. The monoisotopic (exact) mass is 282 g/mol. The molecule has 0 saturated carbocycles. The Morgan fingerprint density at radius 3 is 2.63 bits per heavy atom. The molecule has 0 spiro atoms. The zero-order valence-electron chi connectivity index (χ0n) is 10.8. The van der Waals surface area contributed by atoms with Crippen LogP contribution in [0, 0.1) is 6.92 Å². The number of anilines is 1. The van der Waals surface area contributed by atoms with Gasteiger partial charge in [0.15, 0.2) is 5.82 Å². The minimum Gasteiger partial charge on any atom is -0.384 e. The summed E-state index contributed by atoms with van der Waals surface area (Å²) >= 11 is 0. The van der Waals surface area contributed by atoms with E-state index < -0.39 is 10.2 Å². The van der Waals surface area contributed by atoms with Gasteiger partial charge in [-0.05, 0) is 13.0 Å². The van der Waals surface area contributed by atoms with E-state index in [-0.39, 0.29) is 0 Å². The topological polar surface area (TPSA) is 107 Å². The molecule has 2 heterocycles. The first-order chi connectivity index (χ1) is 8.82. The summed E-state index contributed by atoms with van der Waals surface area (Å²) in [6.45, 7) is 1.68. The van der Waals surface area contributed by atoms with Crippen molar-refractivity contribution in [2.24, 2.45) is 0 Å². The van der Waals surface area contributed by atoms with Crippen LogP contribution in [-0.2, 0) is 10.2 Å². The molecule has 2 aromatic heterocycles. The number of nitrogens with two attached hydrogens (primary N) is 1. The van der Waals surface area contributed by atoms with Crippen LogP contribution in [0.5, 0.6) is 0 Å². The third-order valence-corrected chi connectivity index (χ3v) is 4.08. The van der Waals surface area contributed by atoms with Crippen molar-refractivity contribution in [2.75, 3.05) is 19.8 Å². The maximum Gasteiger partial charge on any atom is 0.322 e. The van der Waals surface area contributed by atoms with Gasteiger partial charge in [0.2, 0.25) is 0 Å². The van der Waals surface area contributed by atoms with Crippen molar-refractivity contribution in [1.29, 1.82) is 0 Å². The van der Waals surface area contributed by atoms with Gasteiger partial charge in [-0.15, -0.1) is 0 Å². The van der Waals surface area contributed by atoms with Gasteiger partial charge >= 0.3 is 10.2 Å². The lowest BCUT2D eigenvalue weighted by atomic mass is 10.2. The number of aryl methyl sites for hydroxylation is 1. The number of nitrogen functional groups attached to an aromatic ring is 1. The van der Waals surface area contributed by atoms with Gasteiger partial charge in [-0.2, -0.15) is 21.9 Å². The third kappa shape index (κ3) is 2.42. The van der Waals surface area contributed by atoms with Gasteiger partial charge in [0.05, 0.1) is 17.5 Å². The van der Waals surface area contributed by atoms with Gasteiger partial charge in [0, 0.05) is 20.3 Å². The molecule has 0 amide bonds. The Bertz CT molecular complexity index is 707. The first-order valence-corrected chi connectivity index (χ1v) is 6.80. The Kier molecular flexibility index (Phi) is 3.25. The summed E-state index contributed by atoms with van der Waals surface area (Å²) in [6.07, 6.45) is 2.88. The second-order valence-corrected chi connectivity index (χ2v) is 6.10. The van der Waals surface area contributed by atoms with E-state index in [1.165, 1.54) is 26.5 Å². The number of aromatic nitrogens is 4. The smallest absolute Gasteiger partial charge is 0.322 e. The Morgan fingerprint density at radius 2 is 2.05 bits per heavy atom. The number of rotatable bonds is 3. The molecule has 0 aliphatic rings. The normalized spacial score (nSPS) is 12.0. The van der Waals surface area contributed by atoms with E-state index in [9.17, 15) is 8.42 Å². The molecule has 0 unspecified atom stereocenters. The minimum atomic E-state index is -3.64.